The summed E-state index contributed by atoms with van der Waals surface area (Å²) >= 11 is 0. The zero-order valence-electron chi connectivity index (χ0n) is 49.0. The van der Waals surface area contributed by atoms with Crippen molar-refractivity contribution in [3.05, 3.63) is 109 Å². The summed E-state index contributed by atoms with van der Waals surface area (Å²) in [4.78, 5) is 38.3. The molecule has 0 bridgehead atoms. The Labute approximate surface area is 463 Å². The van der Waals surface area contributed by atoms with Gasteiger partial charge in [0.15, 0.2) is 6.10 Å². The average Bonchev–Trinajstić information content (AvgIpc) is 3.41. The van der Waals surface area contributed by atoms with Crippen LogP contribution in [0.2, 0.25) is 0 Å². The van der Waals surface area contributed by atoms with Crippen molar-refractivity contribution in [3.63, 3.8) is 0 Å². The fourth-order valence-corrected chi connectivity index (χ4v) is 8.64. The summed E-state index contributed by atoms with van der Waals surface area (Å²) in [5.41, 5.74) is 0. The van der Waals surface area contributed by atoms with Crippen LogP contribution in [-0.2, 0) is 28.6 Å². The van der Waals surface area contributed by atoms with Crippen molar-refractivity contribution in [1.82, 2.24) is 0 Å². The molecule has 6 heteroatoms. The number of unbranched alkanes of at least 4 members (excludes halogenated alkanes) is 27. The van der Waals surface area contributed by atoms with Gasteiger partial charge in [-0.25, -0.2) is 0 Å². The highest BCUT2D eigenvalue weighted by molar-refractivity contribution is 5.71. The van der Waals surface area contributed by atoms with E-state index in [9.17, 15) is 14.4 Å². The Balaban J connectivity index is 4.42. The molecule has 428 valence electrons. The third-order valence-corrected chi connectivity index (χ3v) is 13.3. The van der Waals surface area contributed by atoms with Crippen molar-refractivity contribution < 1.29 is 28.6 Å². The number of rotatable bonds is 56. The van der Waals surface area contributed by atoms with Gasteiger partial charge in [-0.3, -0.25) is 14.4 Å². The van der Waals surface area contributed by atoms with Gasteiger partial charge in [-0.05, 0) is 103 Å². The minimum atomic E-state index is -0.792. The minimum Gasteiger partial charge on any atom is -0.462 e. The average molecular weight is 1040 g/mol. The molecule has 0 radical (unpaired) electrons. The Morgan fingerprint density at radius 2 is 0.520 bits per heavy atom. The second-order valence-corrected chi connectivity index (χ2v) is 20.6. The van der Waals surface area contributed by atoms with Gasteiger partial charge in [-0.15, -0.1) is 0 Å². The monoisotopic (exact) mass is 1040 g/mol. The van der Waals surface area contributed by atoms with E-state index in [2.05, 4.69) is 130 Å². The molecule has 75 heavy (non-hydrogen) atoms. The highest BCUT2D eigenvalue weighted by Crippen LogP contribution is 2.16. The number of allylic oxidation sites excluding steroid dienone is 18. The molecule has 0 spiro atoms. The van der Waals surface area contributed by atoms with Gasteiger partial charge in [0.05, 0.1) is 0 Å². The third kappa shape index (κ3) is 60.8. The van der Waals surface area contributed by atoms with Crippen LogP contribution in [0.3, 0.4) is 0 Å². The van der Waals surface area contributed by atoms with Crippen LogP contribution in [0.15, 0.2) is 109 Å². The summed E-state index contributed by atoms with van der Waals surface area (Å²) in [6.45, 7) is 6.42. The number of hydrogen-bond acceptors (Lipinski definition) is 6. The fraction of sp³-hybridized carbons (Fsp3) is 0.696. The molecule has 0 saturated carbocycles. The van der Waals surface area contributed by atoms with Gasteiger partial charge in [-0.1, -0.05) is 278 Å². The molecule has 0 saturated heterocycles. The normalized spacial score (nSPS) is 12.8. The molecule has 0 amide bonds. The number of ether oxygens (including phenoxy) is 3. The van der Waals surface area contributed by atoms with Gasteiger partial charge in [-0.2, -0.15) is 0 Å². The summed E-state index contributed by atoms with van der Waals surface area (Å²) in [7, 11) is 0. The largest absolute Gasteiger partial charge is 0.462 e. The molecule has 0 aliphatic rings. The van der Waals surface area contributed by atoms with Gasteiger partial charge in [0.25, 0.3) is 0 Å². The minimum absolute atomic E-state index is 0.0864. The smallest absolute Gasteiger partial charge is 0.306 e. The van der Waals surface area contributed by atoms with Crippen molar-refractivity contribution in [1.29, 1.82) is 0 Å². The molecule has 0 aliphatic heterocycles. The summed E-state index contributed by atoms with van der Waals surface area (Å²) in [6.07, 6.45) is 85.1. The van der Waals surface area contributed by atoms with Gasteiger partial charge in [0.1, 0.15) is 13.2 Å². The van der Waals surface area contributed by atoms with Gasteiger partial charge in [0.2, 0.25) is 0 Å². The van der Waals surface area contributed by atoms with Crippen LogP contribution in [0.1, 0.15) is 290 Å². The summed E-state index contributed by atoms with van der Waals surface area (Å²) in [6, 6.07) is 0. The van der Waals surface area contributed by atoms with E-state index in [1.54, 1.807) is 0 Å². The van der Waals surface area contributed by atoms with E-state index in [0.717, 1.165) is 135 Å². The molecule has 0 aliphatic carbocycles. The molecular formula is C69H116O6. The van der Waals surface area contributed by atoms with Crippen molar-refractivity contribution in [2.24, 2.45) is 0 Å². The summed E-state index contributed by atoms with van der Waals surface area (Å²) < 4.78 is 16.9. The Morgan fingerprint density at radius 1 is 0.280 bits per heavy atom. The fourth-order valence-electron chi connectivity index (χ4n) is 8.64. The number of carbonyl (C=O) groups excluding carboxylic acids is 3. The molecule has 0 heterocycles. The molecule has 0 aromatic heterocycles. The molecule has 1 atom stereocenters. The lowest BCUT2D eigenvalue weighted by Gasteiger charge is -2.18. The zero-order valence-corrected chi connectivity index (χ0v) is 49.0. The Hall–Kier alpha value is -3.93. The molecule has 0 aromatic carbocycles. The lowest BCUT2D eigenvalue weighted by atomic mass is 10.0. The predicted molar refractivity (Wildman–Crippen MR) is 325 cm³/mol. The van der Waals surface area contributed by atoms with Crippen molar-refractivity contribution in [2.45, 2.75) is 297 Å². The van der Waals surface area contributed by atoms with Crippen LogP contribution in [0, 0.1) is 0 Å². The first-order valence-corrected chi connectivity index (χ1v) is 31.4. The van der Waals surface area contributed by atoms with E-state index in [4.69, 9.17) is 14.2 Å². The van der Waals surface area contributed by atoms with Crippen LogP contribution in [0.4, 0.5) is 0 Å². The van der Waals surface area contributed by atoms with Crippen molar-refractivity contribution in [3.8, 4) is 0 Å². The van der Waals surface area contributed by atoms with Gasteiger partial charge < -0.3 is 14.2 Å². The van der Waals surface area contributed by atoms with Crippen molar-refractivity contribution in [2.75, 3.05) is 13.2 Å². The first-order chi connectivity index (χ1) is 37.0. The first-order valence-electron chi connectivity index (χ1n) is 31.4. The summed E-state index contributed by atoms with van der Waals surface area (Å²) in [5, 5.41) is 0. The van der Waals surface area contributed by atoms with E-state index in [0.29, 0.717) is 19.3 Å². The maximum absolute atomic E-state index is 12.9. The standard InChI is InChI=1S/C69H116O6/c1-4-7-10-13-16-19-22-25-28-30-32-33-34-35-37-38-41-44-47-50-53-56-59-62-68(71)74-65-66(64-73-67(70)61-58-55-52-49-46-43-40-27-24-21-18-15-12-9-6-3)75-69(72)63-60-57-54-51-48-45-42-39-36-31-29-26-23-20-17-14-11-8-5-2/h7-8,10-11,16-17,19-20,25-26,28-29,32-33,35-37,39,66H,4-6,9,12-15,18,21-24,27,30-31,34,38,40-65H2,1-3H3/b10-7-,11-8-,19-16-,20-17-,28-25-,29-26-,33-32-,37-35-,39-36-. The molecule has 0 fully saturated rings. The molecule has 0 aromatic rings. The van der Waals surface area contributed by atoms with E-state index < -0.39 is 6.10 Å². The van der Waals surface area contributed by atoms with E-state index in [-0.39, 0.29) is 31.1 Å². The highest BCUT2D eigenvalue weighted by atomic mass is 16.6. The molecule has 6 nitrogen and oxygen atoms in total. The van der Waals surface area contributed by atoms with Crippen LogP contribution in [-0.4, -0.2) is 37.2 Å². The van der Waals surface area contributed by atoms with Gasteiger partial charge in [0, 0.05) is 19.3 Å². The molecule has 0 N–H and O–H groups in total. The van der Waals surface area contributed by atoms with E-state index in [1.165, 1.54) is 116 Å². The molecule has 0 rings (SSSR count). The summed E-state index contributed by atoms with van der Waals surface area (Å²) in [5.74, 6) is -0.904. The Bertz CT molecular complexity index is 1520. The number of carbonyl (C=O) groups is 3. The lowest BCUT2D eigenvalue weighted by Crippen LogP contribution is -2.30. The maximum Gasteiger partial charge on any atom is 0.306 e. The highest BCUT2D eigenvalue weighted by Gasteiger charge is 2.19. The van der Waals surface area contributed by atoms with Crippen molar-refractivity contribution >= 4 is 17.9 Å². The third-order valence-electron chi connectivity index (χ3n) is 13.3. The molecule has 1 unspecified atom stereocenters. The molecular weight excluding hydrogens is 925 g/mol. The topological polar surface area (TPSA) is 78.9 Å². The van der Waals surface area contributed by atoms with Crippen LogP contribution in [0.5, 0.6) is 0 Å². The quantitative estimate of drug-likeness (QED) is 0.0261. The van der Waals surface area contributed by atoms with Crippen LogP contribution >= 0.6 is 0 Å². The lowest BCUT2D eigenvalue weighted by molar-refractivity contribution is -0.167. The SMILES string of the molecule is CC/C=C\C/C=C\C/C=C\C/C=C\C/C=C\CCCCCCCCCC(=O)OCC(COC(=O)CCCCCCCCCCCCCCCCC)OC(=O)CCCCCCCC/C=C\C/C=C\C/C=C\C/C=C\CC. The first kappa shape index (κ1) is 71.1. The Kier molecular flexibility index (Phi) is 59.3. The Morgan fingerprint density at radius 3 is 0.813 bits per heavy atom. The van der Waals surface area contributed by atoms with Crippen LogP contribution < -0.4 is 0 Å². The second-order valence-electron chi connectivity index (χ2n) is 20.6. The number of hydrogen-bond donors (Lipinski definition) is 0. The van der Waals surface area contributed by atoms with Gasteiger partial charge >= 0.3 is 17.9 Å². The van der Waals surface area contributed by atoms with Crippen LogP contribution in [0.25, 0.3) is 0 Å². The second kappa shape index (κ2) is 62.6. The maximum atomic E-state index is 12.9. The predicted octanol–water partition coefficient (Wildman–Crippen LogP) is 21.4. The number of esters is 3. The van der Waals surface area contributed by atoms with E-state index >= 15 is 0 Å². The zero-order chi connectivity index (χ0) is 54.3. The van der Waals surface area contributed by atoms with E-state index in [1.807, 2.05) is 0 Å².